The molecular weight excluding hydrogens is 198 g/mol. The molecule has 0 saturated heterocycles. The van der Waals surface area contributed by atoms with Crippen molar-refractivity contribution in [3.05, 3.63) is 48.3 Å². The number of rotatable bonds is 1. The van der Waals surface area contributed by atoms with Crippen LogP contribution in [-0.2, 0) is 0 Å². The highest BCUT2D eigenvalue weighted by Crippen LogP contribution is 2.17. The molecule has 3 aromatic rings. The summed E-state index contributed by atoms with van der Waals surface area (Å²) in [7, 11) is 0. The van der Waals surface area contributed by atoms with Crippen LogP contribution >= 0.6 is 0 Å². The van der Waals surface area contributed by atoms with E-state index in [1.165, 1.54) is 5.39 Å². The fraction of sp³-hybridized carbons (Fsp3) is 0.0769. The van der Waals surface area contributed by atoms with Gasteiger partial charge in [0.25, 0.3) is 0 Å². The lowest BCUT2D eigenvalue weighted by molar-refractivity contribution is 1.09. The Kier molecular flexibility index (Phi) is 1.96. The van der Waals surface area contributed by atoms with E-state index < -0.39 is 0 Å². The number of benzene rings is 1. The van der Waals surface area contributed by atoms with Crippen LogP contribution in [0.15, 0.2) is 42.5 Å². The number of para-hydroxylation sites is 1. The van der Waals surface area contributed by atoms with Gasteiger partial charge in [0.05, 0.1) is 5.52 Å². The van der Waals surface area contributed by atoms with Gasteiger partial charge in [-0.05, 0) is 36.6 Å². The van der Waals surface area contributed by atoms with Crippen LogP contribution in [0.5, 0.6) is 0 Å². The van der Waals surface area contributed by atoms with E-state index in [1.54, 1.807) is 0 Å². The second-order valence-electron chi connectivity index (χ2n) is 3.64. The Morgan fingerprint density at radius 3 is 2.81 bits per heavy atom. The molecule has 3 rings (SSSR count). The third kappa shape index (κ3) is 1.21. The SMILES string of the molecule is C/C=C/c1nnc2ccc3ccccc3n12. The first kappa shape index (κ1) is 9.09. The molecular formula is C13H11N3. The summed E-state index contributed by atoms with van der Waals surface area (Å²) in [5, 5.41) is 9.51. The topological polar surface area (TPSA) is 30.2 Å². The van der Waals surface area contributed by atoms with Gasteiger partial charge in [-0.25, -0.2) is 0 Å². The van der Waals surface area contributed by atoms with Gasteiger partial charge >= 0.3 is 0 Å². The maximum absolute atomic E-state index is 4.16. The lowest BCUT2D eigenvalue weighted by Crippen LogP contribution is -1.90. The quantitative estimate of drug-likeness (QED) is 0.616. The Hall–Kier alpha value is -2.16. The first-order valence-corrected chi connectivity index (χ1v) is 5.26. The fourth-order valence-corrected chi connectivity index (χ4v) is 1.92. The molecule has 0 spiro atoms. The first-order chi connectivity index (χ1) is 7.90. The minimum absolute atomic E-state index is 0.870. The van der Waals surface area contributed by atoms with Crippen LogP contribution in [0.3, 0.4) is 0 Å². The highest BCUT2D eigenvalue weighted by atomic mass is 15.2. The number of pyridine rings is 1. The predicted molar refractivity (Wildman–Crippen MR) is 65.2 cm³/mol. The van der Waals surface area contributed by atoms with Gasteiger partial charge in [-0.15, -0.1) is 10.2 Å². The summed E-state index contributed by atoms with van der Waals surface area (Å²) in [4.78, 5) is 0. The molecule has 0 amide bonds. The zero-order valence-corrected chi connectivity index (χ0v) is 8.96. The molecule has 0 aliphatic carbocycles. The first-order valence-electron chi connectivity index (χ1n) is 5.26. The van der Waals surface area contributed by atoms with Crippen molar-refractivity contribution in [1.29, 1.82) is 0 Å². The van der Waals surface area contributed by atoms with Crippen molar-refractivity contribution < 1.29 is 0 Å². The second kappa shape index (κ2) is 3.45. The maximum atomic E-state index is 4.16. The highest BCUT2D eigenvalue weighted by Gasteiger charge is 2.05. The van der Waals surface area contributed by atoms with Crippen LogP contribution in [0, 0.1) is 0 Å². The van der Waals surface area contributed by atoms with Gasteiger partial charge in [-0.3, -0.25) is 4.40 Å². The molecule has 0 radical (unpaired) electrons. The molecule has 2 heterocycles. The van der Waals surface area contributed by atoms with Crippen molar-refractivity contribution >= 4 is 22.6 Å². The van der Waals surface area contributed by atoms with E-state index in [1.807, 2.05) is 37.3 Å². The molecule has 0 N–H and O–H groups in total. The van der Waals surface area contributed by atoms with Crippen LogP contribution in [-0.4, -0.2) is 14.6 Å². The Morgan fingerprint density at radius 2 is 1.94 bits per heavy atom. The standard InChI is InChI=1S/C13H11N3/c1-2-5-12-14-15-13-9-8-10-6-3-4-7-11(10)16(12)13/h2-9H,1H3/b5-2+. The van der Waals surface area contributed by atoms with Crippen LogP contribution in [0.2, 0.25) is 0 Å². The molecule has 16 heavy (non-hydrogen) atoms. The van der Waals surface area contributed by atoms with Crippen molar-refractivity contribution in [3.8, 4) is 0 Å². The third-order valence-electron chi connectivity index (χ3n) is 2.62. The van der Waals surface area contributed by atoms with Crippen molar-refractivity contribution in [2.45, 2.75) is 6.92 Å². The zero-order chi connectivity index (χ0) is 11.0. The van der Waals surface area contributed by atoms with Gasteiger partial charge in [0.1, 0.15) is 0 Å². The Labute approximate surface area is 93.0 Å². The number of fused-ring (bicyclic) bond motifs is 3. The Morgan fingerprint density at radius 1 is 1.06 bits per heavy atom. The van der Waals surface area contributed by atoms with Crippen molar-refractivity contribution in [2.75, 3.05) is 0 Å². The van der Waals surface area contributed by atoms with E-state index in [4.69, 9.17) is 0 Å². The van der Waals surface area contributed by atoms with Gasteiger partial charge in [0, 0.05) is 0 Å². The number of allylic oxidation sites excluding steroid dienone is 1. The van der Waals surface area contributed by atoms with Crippen molar-refractivity contribution in [3.63, 3.8) is 0 Å². The minimum atomic E-state index is 0.870. The molecule has 3 nitrogen and oxygen atoms in total. The van der Waals surface area contributed by atoms with Crippen LogP contribution in [0.4, 0.5) is 0 Å². The van der Waals surface area contributed by atoms with Crippen molar-refractivity contribution in [2.24, 2.45) is 0 Å². The summed E-state index contributed by atoms with van der Waals surface area (Å²) >= 11 is 0. The van der Waals surface area contributed by atoms with E-state index in [0.29, 0.717) is 0 Å². The average Bonchev–Trinajstić information content (AvgIpc) is 2.73. The second-order valence-corrected chi connectivity index (χ2v) is 3.64. The molecule has 0 saturated carbocycles. The van der Waals surface area contributed by atoms with E-state index in [0.717, 1.165) is 17.0 Å². The summed E-state index contributed by atoms with van der Waals surface area (Å²) in [5.41, 5.74) is 2.02. The molecule has 0 atom stereocenters. The summed E-state index contributed by atoms with van der Waals surface area (Å²) < 4.78 is 2.06. The van der Waals surface area contributed by atoms with Crippen LogP contribution in [0.25, 0.3) is 22.6 Å². The molecule has 0 aliphatic heterocycles. The van der Waals surface area contributed by atoms with E-state index >= 15 is 0 Å². The molecule has 3 heteroatoms. The Bertz CT molecular complexity index is 680. The van der Waals surface area contributed by atoms with E-state index in [2.05, 4.69) is 32.8 Å². The number of nitrogens with zero attached hydrogens (tertiary/aromatic N) is 3. The van der Waals surface area contributed by atoms with Gasteiger partial charge < -0.3 is 0 Å². The average molecular weight is 209 g/mol. The molecule has 0 unspecified atom stereocenters. The minimum Gasteiger partial charge on any atom is -0.275 e. The largest absolute Gasteiger partial charge is 0.275 e. The molecule has 0 bridgehead atoms. The monoisotopic (exact) mass is 209 g/mol. The van der Waals surface area contributed by atoms with E-state index in [9.17, 15) is 0 Å². The summed E-state index contributed by atoms with van der Waals surface area (Å²) in [6.45, 7) is 1.98. The molecule has 0 fully saturated rings. The van der Waals surface area contributed by atoms with Crippen LogP contribution in [0.1, 0.15) is 12.7 Å². The summed E-state index contributed by atoms with van der Waals surface area (Å²) in [6, 6.07) is 12.3. The van der Waals surface area contributed by atoms with Gasteiger partial charge in [0.2, 0.25) is 0 Å². The lowest BCUT2D eigenvalue weighted by Gasteiger charge is -2.01. The van der Waals surface area contributed by atoms with Gasteiger partial charge in [-0.1, -0.05) is 24.3 Å². The smallest absolute Gasteiger partial charge is 0.161 e. The fourth-order valence-electron chi connectivity index (χ4n) is 1.92. The van der Waals surface area contributed by atoms with Gasteiger partial charge in [-0.2, -0.15) is 0 Å². The summed E-state index contributed by atoms with van der Waals surface area (Å²) in [6.07, 6.45) is 3.94. The van der Waals surface area contributed by atoms with Crippen LogP contribution < -0.4 is 0 Å². The number of hydrogen-bond donors (Lipinski definition) is 0. The zero-order valence-electron chi connectivity index (χ0n) is 8.96. The number of hydrogen-bond acceptors (Lipinski definition) is 2. The highest BCUT2D eigenvalue weighted by molar-refractivity contribution is 5.82. The number of aromatic nitrogens is 3. The molecule has 2 aromatic heterocycles. The Balaban J connectivity index is 2.51. The normalized spacial score (nSPS) is 11.8. The summed E-state index contributed by atoms with van der Waals surface area (Å²) in [5.74, 6) is 0.870. The predicted octanol–water partition coefficient (Wildman–Crippen LogP) is 2.92. The molecule has 1 aromatic carbocycles. The molecule has 78 valence electrons. The third-order valence-corrected chi connectivity index (χ3v) is 2.62. The molecule has 0 aliphatic rings. The van der Waals surface area contributed by atoms with Crippen molar-refractivity contribution in [1.82, 2.24) is 14.6 Å². The lowest BCUT2D eigenvalue weighted by atomic mass is 10.2. The van der Waals surface area contributed by atoms with Gasteiger partial charge in [0.15, 0.2) is 11.5 Å². The van der Waals surface area contributed by atoms with E-state index in [-0.39, 0.29) is 0 Å². The maximum Gasteiger partial charge on any atom is 0.161 e.